The molecule has 1 atom stereocenters. The summed E-state index contributed by atoms with van der Waals surface area (Å²) in [6, 6.07) is 13.7. The standard InChI is InChI=1S/C21H21Cl2N3O4/c22-16-9-4-10-17(19(16)23)25-18(27)13-30-20(28)14-6-5-11-26(12-14)21(29)24-15-7-2-1-3-8-15/h1-4,7-10,14H,5-6,11-13H2,(H,24,29)(H,25,27). The lowest BCUT2D eigenvalue weighted by atomic mass is 9.98. The molecule has 0 spiro atoms. The third-order valence-electron chi connectivity index (χ3n) is 4.64. The van der Waals surface area contributed by atoms with Crippen molar-refractivity contribution in [3.63, 3.8) is 0 Å². The Balaban J connectivity index is 1.48. The van der Waals surface area contributed by atoms with Gasteiger partial charge in [-0.3, -0.25) is 9.59 Å². The molecule has 0 aromatic heterocycles. The molecule has 1 aliphatic heterocycles. The van der Waals surface area contributed by atoms with Gasteiger partial charge in [-0.2, -0.15) is 0 Å². The minimum Gasteiger partial charge on any atom is -0.455 e. The van der Waals surface area contributed by atoms with E-state index < -0.39 is 24.4 Å². The highest BCUT2D eigenvalue weighted by Gasteiger charge is 2.30. The molecule has 0 saturated carbocycles. The number of halogens is 2. The lowest BCUT2D eigenvalue weighted by Crippen LogP contribution is -2.45. The van der Waals surface area contributed by atoms with E-state index in [4.69, 9.17) is 27.9 Å². The predicted molar refractivity (Wildman–Crippen MR) is 116 cm³/mol. The van der Waals surface area contributed by atoms with Gasteiger partial charge in [0.05, 0.1) is 21.7 Å². The number of esters is 1. The van der Waals surface area contributed by atoms with Crippen LogP contribution in [0.3, 0.4) is 0 Å². The molecule has 9 heteroatoms. The van der Waals surface area contributed by atoms with Gasteiger partial charge in [0.1, 0.15) is 0 Å². The molecule has 158 valence electrons. The average Bonchev–Trinajstić information content (AvgIpc) is 2.76. The second-order valence-electron chi connectivity index (χ2n) is 6.84. The van der Waals surface area contributed by atoms with Crippen molar-refractivity contribution in [1.29, 1.82) is 0 Å². The quantitative estimate of drug-likeness (QED) is 0.661. The maximum absolute atomic E-state index is 12.4. The molecule has 2 N–H and O–H groups in total. The minimum atomic E-state index is -0.526. The number of ether oxygens (including phenoxy) is 1. The van der Waals surface area contributed by atoms with Crippen molar-refractivity contribution < 1.29 is 19.1 Å². The van der Waals surface area contributed by atoms with Crippen LogP contribution in [0.15, 0.2) is 48.5 Å². The molecule has 0 bridgehead atoms. The Kier molecular flexibility index (Phi) is 7.54. The van der Waals surface area contributed by atoms with Crippen LogP contribution >= 0.6 is 23.2 Å². The number of hydrogen-bond donors (Lipinski definition) is 2. The number of nitrogens with one attached hydrogen (secondary N) is 2. The van der Waals surface area contributed by atoms with Crippen molar-refractivity contribution in [2.75, 3.05) is 30.3 Å². The highest BCUT2D eigenvalue weighted by atomic mass is 35.5. The number of rotatable bonds is 5. The summed E-state index contributed by atoms with van der Waals surface area (Å²) in [7, 11) is 0. The molecule has 2 aromatic rings. The number of para-hydroxylation sites is 1. The summed E-state index contributed by atoms with van der Waals surface area (Å²) in [5, 5.41) is 5.88. The number of piperidine rings is 1. The van der Waals surface area contributed by atoms with Crippen LogP contribution in [-0.4, -0.2) is 42.5 Å². The van der Waals surface area contributed by atoms with Crippen molar-refractivity contribution in [3.05, 3.63) is 58.6 Å². The highest BCUT2D eigenvalue weighted by Crippen LogP contribution is 2.29. The van der Waals surface area contributed by atoms with E-state index in [0.717, 1.165) is 0 Å². The van der Waals surface area contributed by atoms with Crippen LogP contribution in [0.5, 0.6) is 0 Å². The van der Waals surface area contributed by atoms with Gasteiger partial charge in [-0.15, -0.1) is 0 Å². The van der Waals surface area contributed by atoms with Gasteiger partial charge in [-0.1, -0.05) is 47.5 Å². The summed E-state index contributed by atoms with van der Waals surface area (Å²) in [6.07, 6.45) is 1.27. The molecule has 1 fully saturated rings. The Bertz CT molecular complexity index is 924. The first-order chi connectivity index (χ1) is 14.4. The van der Waals surface area contributed by atoms with Gasteiger partial charge >= 0.3 is 12.0 Å². The largest absolute Gasteiger partial charge is 0.455 e. The molecule has 2 aromatic carbocycles. The predicted octanol–water partition coefficient (Wildman–Crippen LogP) is 4.42. The Morgan fingerprint density at radius 3 is 2.57 bits per heavy atom. The number of carbonyl (C=O) groups excluding carboxylic acids is 3. The van der Waals surface area contributed by atoms with Crippen LogP contribution in [0.4, 0.5) is 16.2 Å². The van der Waals surface area contributed by atoms with Crippen LogP contribution < -0.4 is 10.6 Å². The summed E-state index contributed by atoms with van der Waals surface area (Å²) in [6.45, 7) is 0.337. The molecule has 0 radical (unpaired) electrons. The summed E-state index contributed by atoms with van der Waals surface area (Å²) in [4.78, 5) is 38.5. The molecule has 30 heavy (non-hydrogen) atoms. The van der Waals surface area contributed by atoms with Crippen LogP contribution in [-0.2, 0) is 14.3 Å². The van der Waals surface area contributed by atoms with E-state index in [-0.39, 0.29) is 17.6 Å². The lowest BCUT2D eigenvalue weighted by Gasteiger charge is -2.31. The number of nitrogens with zero attached hydrogens (tertiary/aromatic N) is 1. The molecule has 7 nitrogen and oxygen atoms in total. The SMILES string of the molecule is O=C(COC(=O)C1CCCN(C(=O)Nc2ccccc2)C1)Nc1cccc(Cl)c1Cl. The average molecular weight is 450 g/mol. The molecule has 3 amide bonds. The van der Waals surface area contributed by atoms with Crippen molar-refractivity contribution >= 4 is 52.5 Å². The maximum atomic E-state index is 12.4. The topological polar surface area (TPSA) is 87.7 Å². The summed E-state index contributed by atoms with van der Waals surface area (Å²) in [5.74, 6) is -1.52. The zero-order valence-electron chi connectivity index (χ0n) is 16.1. The van der Waals surface area contributed by atoms with Gasteiger partial charge in [0.15, 0.2) is 6.61 Å². The first-order valence-electron chi connectivity index (χ1n) is 9.45. The van der Waals surface area contributed by atoms with E-state index in [2.05, 4.69) is 10.6 Å². The third kappa shape index (κ3) is 5.87. The molecular weight excluding hydrogens is 429 g/mol. The molecule has 1 aliphatic rings. The molecule has 3 rings (SSSR count). The molecule has 1 heterocycles. The molecular formula is C21H21Cl2N3O4. The zero-order chi connectivity index (χ0) is 21.5. The lowest BCUT2D eigenvalue weighted by molar-refractivity contribution is -0.152. The van der Waals surface area contributed by atoms with E-state index in [0.29, 0.717) is 35.8 Å². The number of benzene rings is 2. The van der Waals surface area contributed by atoms with Crippen molar-refractivity contribution in [1.82, 2.24) is 4.90 Å². The molecule has 1 unspecified atom stereocenters. The minimum absolute atomic E-state index is 0.214. The van der Waals surface area contributed by atoms with Gasteiger partial charge in [0, 0.05) is 18.8 Å². The van der Waals surface area contributed by atoms with Crippen LogP contribution in [0.1, 0.15) is 12.8 Å². The normalized spacial score (nSPS) is 15.9. The number of likely N-dealkylation sites (tertiary alicyclic amines) is 1. The fourth-order valence-corrected chi connectivity index (χ4v) is 3.47. The summed E-state index contributed by atoms with van der Waals surface area (Å²) >= 11 is 11.9. The van der Waals surface area contributed by atoms with Crippen LogP contribution in [0, 0.1) is 5.92 Å². The number of carbonyl (C=O) groups is 3. The fraction of sp³-hybridized carbons (Fsp3) is 0.286. The number of anilines is 2. The van der Waals surface area contributed by atoms with Crippen molar-refractivity contribution in [2.24, 2.45) is 5.92 Å². The Morgan fingerprint density at radius 2 is 1.80 bits per heavy atom. The monoisotopic (exact) mass is 449 g/mol. The fourth-order valence-electron chi connectivity index (χ4n) is 3.12. The third-order valence-corrected chi connectivity index (χ3v) is 5.46. The highest BCUT2D eigenvalue weighted by molar-refractivity contribution is 6.44. The van der Waals surface area contributed by atoms with E-state index >= 15 is 0 Å². The Hall–Kier alpha value is -2.77. The first kappa shape index (κ1) is 21.9. The van der Waals surface area contributed by atoms with Gasteiger partial charge in [-0.25, -0.2) is 4.79 Å². The second-order valence-corrected chi connectivity index (χ2v) is 7.62. The number of amides is 3. The van der Waals surface area contributed by atoms with Gasteiger partial charge < -0.3 is 20.3 Å². The van der Waals surface area contributed by atoms with E-state index in [1.54, 1.807) is 35.2 Å². The summed E-state index contributed by atoms with van der Waals surface area (Å²) < 4.78 is 5.15. The smallest absolute Gasteiger partial charge is 0.321 e. The Morgan fingerprint density at radius 1 is 1.03 bits per heavy atom. The van der Waals surface area contributed by atoms with Crippen LogP contribution in [0.25, 0.3) is 0 Å². The van der Waals surface area contributed by atoms with E-state index in [1.165, 1.54) is 0 Å². The number of hydrogen-bond acceptors (Lipinski definition) is 4. The molecule has 1 saturated heterocycles. The van der Waals surface area contributed by atoms with Crippen molar-refractivity contribution in [3.8, 4) is 0 Å². The van der Waals surface area contributed by atoms with E-state index in [1.807, 2.05) is 18.2 Å². The van der Waals surface area contributed by atoms with E-state index in [9.17, 15) is 14.4 Å². The molecule has 0 aliphatic carbocycles. The summed E-state index contributed by atoms with van der Waals surface area (Å²) in [5.41, 5.74) is 1.02. The van der Waals surface area contributed by atoms with Crippen LogP contribution in [0.2, 0.25) is 10.0 Å². The van der Waals surface area contributed by atoms with Gasteiger partial charge in [0.25, 0.3) is 5.91 Å². The Labute approximate surface area is 184 Å². The van der Waals surface area contributed by atoms with Gasteiger partial charge in [-0.05, 0) is 37.1 Å². The second kappa shape index (κ2) is 10.3. The van der Waals surface area contributed by atoms with Crippen molar-refractivity contribution in [2.45, 2.75) is 12.8 Å². The first-order valence-corrected chi connectivity index (χ1v) is 10.2. The zero-order valence-corrected chi connectivity index (χ0v) is 17.6. The maximum Gasteiger partial charge on any atom is 0.321 e. The van der Waals surface area contributed by atoms with Gasteiger partial charge in [0.2, 0.25) is 0 Å². The number of urea groups is 1.